The van der Waals surface area contributed by atoms with Gasteiger partial charge in [0.2, 0.25) is 0 Å². The lowest BCUT2D eigenvalue weighted by atomic mass is 9.52. The van der Waals surface area contributed by atoms with Crippen molar-refractivity contribution in [3.63, 3.8) is 0 Å². The minimum atomic E-state index is -2.89. The molecule has 0 radical (unpaired) electrons. The number of fused-ring (bicyclic) bond motifs is 12. The molecule has 776 valence electrons. The Morgan fingerprint density at radius 1 is 0.280 bits per heavy atom. The summed E-state index contributed by atoms with van der Waals surface area (Å²) >= 11 is 0. The quantitative estimate of drug-likeness (QED) is 0.147. The van der Waals surface area contributed by atoms with Crippen molar-refractivity contribution < 1.29 is 77.0 Å². The van der Waals surface area contributed by atoms with Crippen molar-refractivity contribution >= 4 is 75.5 Å². The van der Waals surface area contributed by atoms with Crippen LogP contribution in [-0.4, -0.2) is 122 Å². The van der Waals surface area contributed by atoms with E-state index in [-0.39, 0.29) is 135 Å². The van der Waals surface area contributed by atoms with E-state index in [2.05, 4.69) is 292 Å². The molecule has 0 N–H and O–H groups in total. The van der Waals surface area contributed by atoms with Gasteiger partial charge >= 0.3 is 42.7 Å². The van der Waals surface area contributed by atoms with Crippen molar-refractivity contribution in [2.45, 2.75) is 522 Å². The average Bonchev–Trinajstić information content (AvgIpc) is 1.48. The molecule has 6 saturated heterocycles. The normalized spacial score (nSPS) is 35.8. The van der Waals surface area contributed by atoms with Crippen LogP contribution in [0.25, 0.3) is 0 Å². The van der Waals surface area contributed by atoms with E-state index in [1.165, 1.54) is 125 Å². The first-order valence-corrected chi connectivity index (χ1v) is 54.5. The van der Waals surface area contributed by atoms with E-state index < -0.39 is 73.4 Å². The summed E-state index contributed by atoms with van der Waals surface area (Å²) in [5, 5.41) is 0. The van der Waals surface area contributed by atoms with Gasteiger partial charge in [-0.3, -0.25) is 4.90 Å². The summed E-state index contributed by atoms with van der Waals surface area (Å²) in [4.78, 5) is 2.44. The molecule has 2 spiro atoms. The maximum atomic E-state index is 9.03. The summed E-state index contributed by atoms with van der Waals surface area (Å²) < 4.78 is 183. The molecule has 8 heterocycles. The van der Waals surface area contributed by atoms with Crippen molar-refractivity contribution in [3.8, 4) is 0 Å². The van der Waals surface area contributed by atoms with Crippen LogP contribution in [0.15, 0.2) is 109 Å². The molecular formula is C123H183B6NO13. The molecule has 14 nitrogen and oxygen atoms in total. The number of ether oxygens (including phenoxy) is 1. The fourth-order valence-corrected chi connectivity index (χ4v) is 27.4. The van der Waals surface area contributed by atoms with Crippen LogP contribution in [0.1, 0.15) is 483 Å². The predicted octanol–water partition coefficient (Wildman–Crippen LogP) is 25.0. The van der Waals surface area contributed by atoms with Gasteiger partial charge in [0.05, 0.1) is 82.5 Å². The van der Waals surface area contributed by atoms with Gasteiger partial charge in [0, 0.05) is 23.4 Å². The molecule has 11 fully saturated rings. The molecule has 18 aliphatic rings. The summed E-state index contributed by atoms with van der Waals surface area (Å²) in [6, 6.07) is 32.8. The zero-order chi connectivity index (χ0) is 115. The van der Waals surface area contributed by atoms with Crippen LogP contribution in [0.4, 0.5) is 0 Å². The Kier molecular flexibility index (Phi) is 21.7. The van der Waals surface area contributed by atoms with Gasteiger partial charge < -0.3 is 60.6 Å². The van der Waals surface area contributed by atoms with E-state index >= 15 is 0 Å². The molecule has 5 saturated carbocycles. The Labute approximate surface area is 885 Å². The van der Waals surface area contributed by atoms with Gasteiger partial charge in [0.15, 0.2) is 0 Å². The Morgan fingerprint density at radius 3 is 1.01 bits per heavy atom. The summed E-state index contributed by atoms with van der Waals surface area (Å²) in [5.74, 6) is 3.69. The molecular weight excluding hydrogens is 1760 g/mol. The first-order valence-electron chi connectivity index (χ1n) is 60.5. The zero-order valence-electron chi connectivity index (χ0n) is 108. The Hall–Kier alpha value is -4.85. The Bertz CT molecular complexity index is 6440. The average molecular weight is 1960 g/mol. The lowest BCUT2D eigenvalue weighted by Crippen LogP contribution is -2.46. The number of hydrogen-bond donors (Lipinski definition) is 0. The topological polar surface area (TPSA) is 123 Å². The molecule has 0 aromatic heterocycles. The number of nitrogens with zero attached hydrogens (tertiary/aromatic N) is 1. The van der Waals surface area contributed by atoms with E-state index in [4.69, 9.17) is 77.0 Å². The zero-order valence-corrected chi connectivity index (χ0v) is 95.9. The number of benzene rings is 6. The van der Waals surface area contributed by atoms with Gasteiger partial charge in [-0.2, -0.15) is 0 Å². The van der Waals surface area contributed by atoms with Crippen LogP contribution in [-0.2, 0) is 115 Å². The van der Waals surface area contributed by atoms with E-state index in [1.54, 1.807) is 40.5 Å². The summed E-state index contributed by atoms with van der Waals surface area (Å²) in [6.07, 6.45) is 17.4. The Morgan fingerprint density at radius 2 is 0.601 bits per heavy atom. The molecule has 6 aromatic carbocycles. The largest absolute Gasteiger partial charge is 0.494 e. The maximum Gasteiger partial charge on any atom is 0.494 e. The number of rotatable bonds is 6. The van der Waals surface area contributed by atoms with Crippen LogP contribution in [0, 0.1) is 28.1 Å². The van der Waals surface area contributed by atoms with Gasteiger partial charge in [-0.15, -0.1) is 0 Å². The minimum absolute atomic E-state index is 0.00150. The lowest BCUT2D eigenvalue weighted by molar-refractivity contribution is -0.122. The first-order chi connectivity index (χ1) is 70.0. The van der Waals surface area contributed by atoms with E-state index in [1.807, 2.05) is 55.4 Å². The molecule has 10 aliphatic carbocycles. The summed E-state index contributed by atoms with van der Waals surface area (Å²) in [6.45, 7) is 76.2. The third-order valence-corrected chi connectivity index (χ3v) is 43.9. The van der Waals surface area contributed by atoms with Crippen molar-refractivity contribution in [1.82, 2.24) is 4.90 Å². The van der Waals surface area contributed by atoms with Crippen LogP contribution in [0.5, 0.6) is 0 Å². The standard InChI is InChI=1S/C22H29BO2.2C21H33BO2.C20H29BO3.C20H29BO2.C19H30BNO2/c1-20(2)21(3,4)25-23(24-20)17-5-6-18-13-7-15-9-16-8-14(19(18)10-17)12-22(15,16)11-13;2*1-17(2)15-12-11-14(13-16(15)18(3,4)19(17,5)6)22-23-20(7,8)21(9,10)24-22;1-17(2)16-13-14(21-23-18(3,4)19(5,6)24-21)9-10-15(16)20(22-17)11-7-8-12-20;1-17(2)18(3,4)23-21(22-17)14-7-8-15-16(13-14)20(6)11-9-19(15,5)10-12-20;1-16(2)14-11-10-13(12-15(14)17(3,4)21(16)9)20-22-18(5,6)19(7,8)23-20/h5-6,10,13-16H,7-9,11-12H2,1-4H3;2*11-13H,1-10H3;9-10,13H,7-8,11-12H2,1-6H3;7-8,13H,9-12H2,1-6H3;10-12H,1-9H3/i;11D,12D,13D;1D3,3D3,5D3;;;. The molecule has 8 aliphatic heterocycles. The van der Waals surface area contributed by atoms with E-state index in [0.29, 0.717) is 27.8 Å². The molecule has 8 atom stereocenters. The third-order valence-electron chi connectivity index (χ3n) is 43.9. The maximum absolute atomic E-state index is 9.03. The second-order valence-corrected chi connectivity index (χ2v) is 57.2. The molecule has 5 bridgehead atoms. The van der Waals surface area contributed by atoms with Crippen molar-refractivity contribution in [2.75, 3.05) is 7.05 Å². The molecule has 6 aromatic rings. The highest BCUT2D eigenvalue weighted by Gasteiger charge is 2.68. The molecule has 143 heavy (non-hydrogen) atoms. The minimum Gasteiger partial charge on any atom is -0.399 e. The van der Waals surface area contributed by atoms with Gasteiger partial charge in [0.1, 0.15) is 0 Å². The smallest absolute Gasteiger partial charge is 0.399 e. The third kappa shape index (κ3) is 16.5. The highest BCUT2D eigenvalue weighted by atomic mass is 16.7. The fraction of sp³-hybridized carbons (Fsp3) is 0.707. The van der Waals surface area contributed by atoms with Crippen molar-refractivity contribution in [2.24, 2.45) is 28.1 Å². The van der Waals surface area contributed by atoms with Crippen LogP contribution >= 0.6 is 0 Å². The van der Waals surface area contributed by atoms with Gasteiger partial charge in [-0.1, -0.05) is 219 Å². The molecule has 8 unspecified atom stereocenters. The second-order valence-electron chi connectivity index (χ2n) is 57.2. The van der Waals surface area contributed by atoms with E-state index in [9.17, 15) is 0 Å². The van der Waals surface area contributed by atoms with E-state index in [0.717, 1.165) is 64.0 Å². The van der Waals surface area contributed by atoms with Gasteiger partial charge in [0.25, 0.3) is 0 Å². The first kappa shape index (κ1) is 93.0. The van der Waals surface area contributed by atoms with Crippen LogP contribution in [0.3, 0.4) is 0 Å². The highest BCUT2D eigenvalue weighted by molar-refractivity contribution is 6.64. The van der Waals surface area contributed by atoms with Gasteiger partial charge in [-0.05, 0) is 457 Å². The van der Waals surface area contributed by atoms with Gasteiger partial charge in [-0.25, -0.2) is 0 Å². The molecule has 20 heteroatoms. The highest BCUT2D eigenvalue weighted by Crippen LogP contribution is 2.76. The molecule has 0 amide bonds. The fourth-order valence-electron chi connectivity index (χ4n) is 27.4. The second kappa shape index (κ2) is 33.3. The molecule has 24 rings (SSSR count). The van der Waals surface area contributed by atoms with Crippen LogP contribution < -0.4 is 32.8 Å². The lowest BCUT2D eigenvalue weighted by Gasteiger charge is -2.52. The SMILES string of the molecule is CC1(C)OB(c2ccc3c(c2)C2CC4CC5CC3CC54C2)OC1(C)C.CC1(C)OC2(CCCC2)c2ccc(B3OC(C)(C)C(C)(C)O3)cc21.CC12CCC(C)(CC1)c1cc(B3OC(C)(C)C(C)(C)O3)ccc12.CN1C(C)(C)c2ccc(B3OC(C)(C)C(C)(C)O3)cc2C1(C)C.[2H]C([2H])([2H])C1(C)c2ccc(B3OC(C)(C)C(C)(C)O3)cc2C(C)(C([2H])([2H])[2H])C1(C)C([2H])([2H])[2H].[2H]c1c([2H])c2c(c([2H])c1B1OC(C)(C)C(C)(C)O1)C(C)(C)C(C)(C)C2(C)C. The van der Waals surface area contributed by atoms with Crippen molar-refractivity contribution in [1.29, 1.82) is 0 Å². The monoisotopic (exact) mass is 1960 g/mol. The Balaban J connectivity index is 0.000000121. The summed E-state index contributed by atoms with van der Waals surface area (Å²) in [7, 11) is -0.478. The summed E-state index contributed by atoms with van der Waals surface area (Å²) in [5.41, 5.74) is 9.12. The van der Waals surface area contributed by atoms with Crippen LogP contribution in [0.2, 0.25) is 0 Å². The van der Waals surface area contributed by atoms with Crippen molar-refractivity contribution in [3.05, 3.63) is 176 Å². The number of hydrogen-bond acceptors (Lipinski definition) is 14. The predicted molar refractivity (Wildman–Crippen MR) is 592 cm³/mol.